The summed E-state index contributed by atoms with van der Waals surface area (Å²) in [5.74, 6) is -2.16. The molecule has 21 heavy (non-hydrogen) atoms. The number of rotatable bonds is 3. The van der Waals surface area contributed by atoms with Crippen molar-refractivity contribution in [2.75, 3.05) is 31.6 Å². The number of ether oxygens (including phenoxy) is 1. The number of halogens is 1. The van der Waals surface area contributed by atoms with Crippen LogP contribution in [0.5, 0.6) is 0 Å². The number of hydrogen-bond donors (Lipinski definition) is 3. The zero-order chi connectivity index (χ0) is 15.4. The van der Waals surface area contributed by atoms with E-state index in [-0.39, 0.29) is 37.6 Å². The van der Waals surface area contributed by atoms with E-state index in [0.29, 0.717) is 0 Å². The molecule has 3 N–H and O–H groups in total. The van der Waals surface area contributed by atoms with Gasteiger partial charge in [0.05, 0.1) is 37.1 Å². The van der Waals surface area contributed by atoms with Crippen LogP contribution >= 0.6 is 0 Å². The summed E-state index contributed by atoms with van der Waals surface area (Å²) in [6, 6.07) is 2.89. The van der Waals surface area contributed by atoms with Crippen molar-refractivity contribution in [2.24, 2.45) is 0 Å². The fourth-order valence-electron chi connectivity index (χ4n) is 2.03. The number of carboxylic acids is 1. The molecule has 0 aromatic heterocycles. The van der Waals surface area contributed by atoms with Crippen molar-refractivity contribution in [1.82, 2.24) is 4.90 Å². The third kappa shape index (κ3) is 3.47. The van der Waals surface area contributed by atoms with Crippen molar-refractivity contribution in [3.63, 3.8) is 0 Å². The Bertz CT molecular complexity index is 551. The van der Waals surface area contributed by atoms with Gasteiger partial charge in [0.2, 0.25) is 0 Å². The van der Waals surface area contributed by atoms with Crippen molar-refractivity contribution in [3.8, 4) is 0 Å². The standard InChI is InChI=1S/C13H15FN2O5/c14-10-3-1-2-9(12(18)19)11(10)15-13(20)16-4-5-21-8(6-16)7-17/h1-3,8,17H,4-7H2,(H,15,20)(H,18,19). The number of nitrogens with one attached hydrogen (secondary N) is 1. The van der Waals surface area contributed by atoms with Crippen molar-refractivity contribution in [1.29, 1.82) is 0 Å². The third-order valence-corrected chi connectivity index (χ3v) is 3.11. The van der Waals surface area contributed by atoms with Crippen LogP contribution in [-0.4, -0.2) is 59.5 Å². The summed E-state index contributed by atoms with van der Waals surface area (Å²) >= 11 is 0. The van der Waals surface area contributed by atoms with E-state index < -0.39 is 23.9 Å². The number of carbonyl (C=O) groups excluding carboxylic acids is 1. The Morgan fingerprint density at radius 2 is 2.24 bits per heavy atom. The first kappa shape index (κ1) is 15.2. The van der Waals surface area contributed by atoms with Crippen LogP contribution in [0.15, 0.2) is 18.2 Å². The molecule has 2 rings (SSSR count). The summed E-state index contributed by atoms with van der Waals surface area (Å²) in [6.45, 7) is 0.448. The molecule has 1 saturated heterocycles. The van der Waals surface area contributed by atoms with E-state index in [0.717, 1.165) is 6.07 Å². The van der Waals surface area contributed by atoms with E-state index in [1.54, 1.807) is 0 Å². The number of aromatic carboxylic acids is 1. The average molecular weight is 298 g/mol. The average Bonchev–Trinajstić information content (AvgIpc) is 2.49. The maximum atomic E-state index is 13.7. The van der Waals surface area contributed by atoms with Crippen molar-refractivity contribution < 1.29 is 28.9 Å². The Hall–Kier alpha value is -2.19. The van der Waals surface area contributed by atoms with Crippen LogP contribution in [0, 0.1) is 5.82 Å². The van der Waals surface area contributed by atoms with Crippen LogP contribution in [0.1, 0.15) is 10.4 Å². The smallest absolute Gasteiger partial charge is 0.337 e. The second-order valence-corrected chi connectivity index (χ2v) is 4.52. The number of anilines is 1. The first-order valence-corrected chi connectivity index (χ1v) is 6.33. The molecule has 0 aliphatic carbocycles. The molecule has 0 saturated carbocycles. The van der Waals surface area contributed by atoms with E-state index in [4.69, 9.17) is 14.9 Å². The number of amides is 2. The lowest BCUT2D eigenvalue weighted by Crippen LogP contribution is -2.48. The Kier molecular flexibility index (Phi) is 4.71. The number of urea groups is 1. The Labute approximate surface area is 119 Å². The number of hydrogen-bond acceptors (Lipinski definition) is 4. The van der Waals surface area contributed by atoms with Gasteiger partial charge in [0.1, 0.15) is 5.82 Å². The number of para-hydroxylation sites is 1. The zero-order valence-electron chi connectivity index (χ0n) is 11.1. The first-order valence-electron chi connectivity index (χ1n) is 6.33. The summed E-state index contributed by atoms with van der Waals surface area (Å²) in [4.78, 5) is 24.5. The number of aliphatic hydroxyl groups excluding tert-OH is 1. The van der Waals surface area contributed by atoms with E-state index in [9.17, 15) is 14.0 Å². The minimum Gasteiger partial charge on any atom is -0.478 e. The highest BCUT2D eigenvalue weighted by atomic mass is 19.1. The fraction of sp³-hybridized carbons (Fsp3) is 0.385. The highest BCUT2D eigenvalue weighted by Gasteiger charge is 2.25. The number of benzene rings is 1. The van der Waals surface area contributed by atoms with Crippen molar-refractivity contribution in [3.05, 3.63) is 29.6 Å². The molecule has 0 radical (unpaired) electrons. The molecule has 2 amide bonds. The van der Waals surface area contributed by atoms with E-state index in [1.807, 2.05) is 0 Å². The topological polar surface area (TPSA) is 99.1 Å². The minimum absolute atomic E-state index is 0.152. The lowest BCUT2D eigenvalue weighted by atomic mass is 10.1. The summed E-state index contributed by atoms with van der Waals surface area (Å²) in [5, 5.41) is 20.3. The normalized spacial score (nSPS) is 18.4. The van der Waals surface area contributed by atoms with Crippen LogP contribution in [0.25, 0.3) is 0 Å². The predicted octanol–water partition coefficient (Wildman–Crippen LogP) is 0.749. The van der Waals surface area contributed by atoms with Gasteiger partial charge in [-0.05, 0) is 12.1 Å². The van der Waals surface area contributed by atoms with Crippen LogP contribution in [0.4, 0.5) is 14.9 Å². The molecule has 1 aromatic carbocycles. The van der Waals surface area contributed by atoms with Gasteiger partial charge in [-0.3, -0.25) is 0 Å². The molecule has 1 aliphatic heterocycles. The number of carboxylic acid groups (broad SMARTS) is 1. The maximum absolute atomic E-state index is 13.7. The van der Waals surface area contributed by atoms with Gasteiger partial charge in [0.15, 0.2) is 0 Å². The first-order chi connectivity index (χ1) is 10.0. The molecule has 1 aromatic rings. The van der Waals surface area contributed by atoms with Gasteiger partial charge < -0.3 is 25.2 Å². The van der Waals surface area contributed by atoms with E-state index in [2.05, 4.69) is 5.32 Å². The maximum Gasteiger partial charge on any atom is 0.337 e. The molecule has 0 bridgehead atoms. The lowest BCUT2D eigenvalue weighted by Gasteiger charge is -2.32. The fourth-order valence-corrected chi connectivity index (χ4v) is 2.03. The third-order valence-electron chi connectivity index (χ3n) is 3.11. The number of aliphatic hydroxyl groups is 1. The lowest BCUT2D eigenvalue weighted by molar-refractivity contribution is -0.0388. The Morgan fingerprint density at radius 1 is 1.48 bits per heavy atom. The van der Waals surface area contributed by atoms with Crippen LogP contribution in [-0.2, 0) is 4.74 Å². The summed E-state index contributed by atoms with van der Waals surface area (Å²) in [5.41, 5.74) is -0.697. The van der Waals surface area contributed by atoms with Crippen LogP contribution < -0.4 is 5.32 Å². The molecule has 114 valence electrons. The molecule has 1 aliphatic rings. The van der Waals surface area contributed by atoms with Crippen LogP contribution in [0.3, 0.4) is 0 Å². The number of carbonyl (C=O) groups is 2. The van der Waals surface area contributed by atoms with Crippen molar-refractivity contribution >= 4 is 17.7 Å². The SMILES string of the molecule is O=C(O)c1cccc(F)c1NC(=O)N1CCOC(CO)C1. The van der Waals surface area contributed by atoms with E-state index in [1.165, 1.54) is 17.0 Å². The second-order valence-electron chi connectivity index (χ2n) is 4.52. The number of morpholine rings is 1. The van der Waals surface area contributed by atoms with Gasteiger partial charge in [-0.15, -0.1) is 0 Å². The molecule has 8 heteroatoms. The van der Waals surface area contributed by atoms with Gasteiger partial charge in [-0.25, -0.2) is 14.0 Å². The summed E-state index contributed by atoms with van der Waals surface area (Å²) in [7, 11) is 0. The highest BCUT2D eigenvalue weighted by Crippen LogP contribution is 2.20. The van der Waals surface area contributed by atoms with Gasteiger partial charge in [0.25, 0.3) is 0 Å². The molecule has 1 heterocycles. The molecule has 1 atom stereocenters. The molecule has 1 unspecified atom stereocenters. The molecule has 7 nitrogen and oxygen atoms in total. The predicted molar refractivity (Wildman–Crippen MR) is 70.8 cm³/mol. The van der Waals surface area contributed by atoms with Crippen LogP contribution in [0.2, 0.25) is 0 Å². The monoisotopic (exact) mass is 298 g/mol. The highest BCUT2D eigenvalue weighted by molar-refractivity contribution is 6.00. The minimum atomic E-state index is -1.33. The summed E-state index contributed by atoms with van der Waals surface area (Å²) < 4.78 is 18.9. The molecule has 0 spiro atoms. The molecular weight excluding hydrogens is 283 g/mol. The molecular formula is C13H15FN2O5. The van der Waals surface area contributed by atoms with E-state index >= 15 is 0 Å². The largest absolute Gasteiger partial charge is 0.478 e. The quantitative estimate of drug-likeness (QED) is 0.764. The van der Waals surface area contributed by atoms with Gasteiger partial charge in [-0.1, -0.05) is 6.07 Å². The molecule has 1 fully saturated rings. The van der Waals surface area contributed by atoms with Crippen molar-refractivity contribution in [2.45, 2.75) is 6.10 Å². The van der Waals surface area contributed by atoms with Gasteiger partial charge in [0, 0.05) is 6.54 Å². The van der Waals surface area contributed by atoms with Gasteiger partial charge >= 0.3 is 12.0 Å². The Morgan fingerprint density at radius 3 is 2.90 bits per heavy atom. The number of nitrogens with zero attached hydrogens (tertiary/aromatic N) is 1. The van der Waals surface area contributed by atoms with Gasteiger partial charge in [-0.2, -0.15) is 0 Å². The summed E-state index contributed by atoms with van der Waals surface area (Å²) in [6.07, 6.45) is -0.496. The second kappa shape index (κ2) is 6.51. The zero-order valence-corrected chi connectivity index (χ0v) is 11.1. The Balaban J connectivity index is 2.14.